The van der Waals surface area contributed by atoms with E-state index in [0.717, 1.165) is 61.7 Å². The molecule has 0 unspecified atom stereocenters. The fraction of sp³-hybridized carbons (Fsp3) is 0.103. The fourth-order valence-electron chi connectivity index (χ4n) is 5.48. The van der Waals surface area contributed by atoms with E-state index >= 15 is 0 Å². The second-order valence-corrected chi connectivity index (χ2v) is 11.4. The third-order valence-electron chi connectivity index (χ3n) is 7.63. The van der Waals surface area contributed by atoms with Gasteiger partial charge in [0.25, 0.3) is 0 Å². The summed E-state index contributed by atoms with van der Waals surface area (Å²) < 4.78 is 0. The Labute approximate surface area is 268 Å². The predicted octanol–water partition coefficient (Wildman–Crippen LogP) is 8.69. The van der Waals surface area contributed by atoms with E-state index in [-0.39, 0.29) is 0 Å². The first-order valence-corrected chi connectivity index (χ1v) is 15.2. The number of rotatable bonds is 6. The molecule has 0 N–H and O–H groups in total. The summed E-state index contributed by atoms with van der Waals surface area (Å²) in [4.78, 5) is 33.4. The van der Waals surface area contributed by atoms with E-state index in [1.165, 1.54) is 0 Å². The van der Waals surface area contributed by atoms with Gasteiger partial charge in [0.15, 0.2) is 29.1 Å². The van der Waals surface area contributed by atoms with Gasteiger partial charge in [-0.25, -0.2) is 34.9 Å². The van der Waals surface area contributed by atoms with Crippen LogP contribution in [0.25, 0.3) is 68.1 Å². The first-order chi connectivity index (χ1) is 22.4. The molecule has 7 rings (SSSR count). The number of hydrogen-bond acceptors (Lipinski definition) is 7. The molecule has 7 heteroatoms. The Morgan fingerprint density at radius 1 is 0.261 bits per heavy atom. The summed E-state index contributed by atoms with van der Waals surface area (Å²) in [5.41, 5.74) is 10.5. The van der Waals surface area contributed by atoms with Crippen LogP contribution >= 0.6 is 0 Å². The first-order valence-electron chi connectivity index (χ1n) is 15.2. The lowest BCUT2D eigenvalue weighted by Gasteiger charge is -2.11. The van der Waals surface area contributed by atoms with E-state index in [1.807, 2.05) is 119 Å². The molecule has 0 spiro atoms. The van der Waals surface area contributed by atoms with Crippen molar-refractivity contribution in [2.24, 2.45) is 0 Å². The van der Waals surface area contributed by atoms with Crippen LogP contribution in [0.4, 0.5) is 0 Å². The van der Waals surface area contributed by atoms with E-state index in [2.05, 4.69) is 44.2 Å². The van der Waals surface area contributed by atoms with Crippen LogP contribution in [0.5, 0.6) is 0 Å². The molecule has 0 atom stereocenters. The molecule has 0 bridgehead atoms. The van der Waals surface area contributed by atoms with Crippen molar-refractivity contribution in [3.05, 3.63) is 138 Å². The van der Waals surface area contributed by atoms with Crippen LogP contribution in [0.3, 0.4) is 0 Å². The van der Waals surface area contributed by atoms with E-state index in [4.69, 9.17) is 15.0 Å². The summed E-state index contributed by atoms with van der Waals surface area (Å²) in [6, 6.07) is 38.7. The molecule has 0 saturated carbocycles. The van der Waals surface area contributed by atoms with Gasteiger partial charge in [-0.15, -0.1) is 0 Å². The molecule has 0 aliphatic heterocycles. The Hall–Kier alpha value is -5.95. The van der Waals surface area contributed by atoms with Crippen LogP contribution in [0.2, 0.25) is 0 Å². The van der Waals surface area contributed by atoms with Gasteiger partial charge in [-0.05, 0) is 57.0 Å². The lowest BCUT2D eigenvalue weighted by atomic mass is 10.0. The average Bonchev–Trinajstić information content (AvgIpc) is 3.08. The molecule has 0 aliphatic carbocycles. The van der Waals surface area contributed by atoms with E-state index in [9.17, 15) is 0 Å². The maximum absolute atomic E-state index is 4.98. The Balaban J connectivity index is 1.31. The zero-order valence-corrected chi connectivity index (χ0v) is 26.1. The third kappa shape index (κ3) is 6.16. The van der Waals surface area contributed by atoms with Crippen molar-refractivity contribution in [1.29, 1.82) is 0 Å². The lowest BCUT2D eigenvalue weighted by Crippen LogP contribution is -2.01. The van der Waals surface area contributed by atoms with Gasteiger partial charge >= 0.3 is 0 Å². The van der Waals surface area contributed by atoms with Crippen molar-refractivity contribution in [3.63, 3.8) is 0 Å². The van der Waals surface area contributed by atoms with Gasteiger partial charge in [0.2, 0.25) is 0 Å². The molecule has 3 heterocycles. The van der Waals surface area contributed by atoms with Crippen molar-refractivity contribution in [1.82, 2.24) is 34.9 Å². The van der Waals surface area contributed by atoms with Crippen LogP contribution in [0.15, 0.2) is 115 Å². The normalized spacial score (nSPS) is 11.0. The molecular formula is C39H31N7. The van der Waals surface area contributed by atoms with E-state index in [0.29, 0.717) is 29.1 Å². The second-order valence-electron chi connectivity index (χ2n) is 11.4. The molecular weight excluding hydrogens is 566 g/mol. The largest absolute Gasteiger partial charge is 0.233 e. The smallest absolute Gasteiger partial charge is 0.164 e. The number of hydrogen-bond donors (Lipinski definition) is 0. The van der Waals surface area contributed by atoms with Crippen LogP contribution < -0.4 is 0 Å². The fourth-order valence-corrected chi connectivity index (χ4v) is 5.48. The minimum absolute atomic E-state index is 0.583. The zero-order valence-electron chi connectivity index (χ0n) is 26.1. The van der Waals surface area contributed by atoms with Gasteiger partial charge in [0.1, 0.15) is 0 Å². The molecule has 0 fully saturated rings. The number of aromatic nitrogens is 7. The lowest BCUT2D eigenvalue weighted by molar-refractivity contribution is 1.06. The SMILES string of the molecule is Cc1cc(C)nc(-c2ccc(-c3nc(-c4ccc(-c5nc(C)cc(C)n5)cc4)nc(-c4cccc(-c5ccccc5)c4)n3)cc2)n1. The van der Waals surface area contributed by atoms with Gasteiger partial charge in [0, 0.05) is 50.6 Å². The Bertz CT molecular complexity index is 2020. The Morgan fingerprint density at radius 3 is 1.00 bits per heavy atom. The summed E-state index contributed by atoms with van der Waals surface area (Å²) in [5.74, 6) is 3.17. The van der Waals surface area contributed by atoms with E-state index < -0.39 is 0 Å². The van der Waals surface area contributed by atoms with Crippen LogP contribution in [0.1, 0.15) is 22.8 Å². The molecule has 0 radical (unpaired) electrons. The topological polar surface area (TPSA) is 90.2 Å². The van der Waals surface area contributed by atoms with Crippen LogP contribution in [0, 0.1) is 27.7 Å². The summed E-state index contributed by atoms with van der Waals surface area (Å²) in [5, 5.41) is 0. The van der Waals surface area contributed by atoms with Gasteiger partial charge in [-0.2, -0.15) is 0 Å². The molecule has 7 nitrogen and oxygen atoms in total. The summed E-state index contributed by atoms with van der Waals surface area (Å²) in [7, 11) is 0. The quantitative estimate of drug-likeness (QED) is 0.189. The summed E-state index contributed by atoms with van der Waals surface area (Å²) >= 11 is 0. The Kier molecular flexibility index (Phi) is 7.64. The molecule has 3 aromatic heterocycles. The van der Waals surface area contributed by atoms with Crippen molar-refractivity contribution in [3.8, 4) is 68.1 Å². The van der Waals surface area contributed by atoms with Gasteiger partial charge < -0.3 is 0 Å². The zero-order chi connectivity index (χ0) is 31.6. The van der Waals surface area contributed by atoms with Crippen LogP contribution in [-0.4, -0.2) is 34.9 Å². The molecule has 7 aromatic rings. The molecule has 46 heavy (non-hydrogen) atoms. The van der Waals surface area contributed by atoms with Gasteiger partial charge in [-0.3, -0.25) is 0 Å². The van der Waals surface area contributed by atoms with E-state index in [1.54, 1.807) is 0 Å². The monoisotopic (exact) mass is 597 g/mol. The van der Waals surface area contributed by atoms with Crippen molar-refractivity contribution >= 4 is 0 Å². The number of aryl methyl sites for hydroxylation is 4. The van der Waals surface area contributed by atoms with Crippen LogP contribution in [-0.2, 0) is 0 Å². The van der Waals surface area contributed by atoms with Crippen molar-refractivity contribution in [2.75, 3.05) is 0 Å². The molecule has 0 amide bonds. The molecule has 0 aliphatic rings. The van der Waals surface area contributed by atoms with Crippen molar-refractivity contribution < 1.29 is 0 Å². The standard InChI is InChI=1S/C39H31N7/c1-24-21-25(2)41-35(40-24)29-13-17-31(18-14-29)37-44-38(32-19-15-30(16-20-32)36-42-26(3)22-27(4)43-36)46-39(45-37)34-12-8-11-33(23-34)28-9-6-5-7-10-28/h5-23H,1-4H3. The second kappa shape index (κ2) is 12.2. The average molecular weight is 598 g/mol. The molecule has 0 saturated heterocycles. The summed E-state index contributed by atoms with van der Waals surface area (Å²) in [6.45, 7) is 7.92. The first kappa shape index (κ1) is 28.8. The minimum Gasteiger partial charge on any atom is -0.233 e. The third-order valence-corrected chi connectivity index (χ3v) is 7.63. The van der Waals surface area contributed by atoms with Gasteiger partial charge in [-0.1, -0.05) is 97.1 Å². The van der Waals surface area contributed by atoms with Crippen molar-refractivity contribution in [2.45, 2.75) is 27.7 Å². The molecule has 4 aromatic carbocycles. The summed E-state index contributed by atoms with van der Waals surface area (Å²) in [6.07, 6.45) is 0. The predicted molar refractivity (Wildman–Crippen MR) is 183 cm³/mol. The maximum atomic E-state index is 4.98. The maximum Gasteiger partial charge on any atom is 0.164 e. The highest BCUT2D eigenvalue weighted by Crippen LogP contribution is 2.30. The molecule has 222 valence electrons. The highest BCUT2D eigenvalue weighted by molar-refractivity contribution is 5.73. The Morgan fingerprint density at radius 2 is 0.587 bits per heavy atom. The van der Waals surface area contributed by atoms with Gasteiger partial charge in [0.05, 0.1) is 0 Å². The number of benzene rings is 4. The highest BCUT2D eigenvalue weighted by atomic mass is 15.0. The number of nitrogens with zero attached hydrogens (tertiary/aromatic N) is 7. The minimum atomic E-state index is 0.583. The highest BCUT2D eigenvalue weighted by Gasteiger charge is 2.14.